The monoisotopic (exact) mass is 221 g/mol. The average Bonchev–Trinajstić information content (AvgIpc) is 3.16. The van der Waals surface area contributed by atoms with E-state index >= 15 is 0 Å². The van der Waals surface area contributed by atoms with E-state index in [4.69, 9.17) is 0 Å². The Morgan fingerprint density at radius 3 is 2.75 bits per heavy atom. The predicted octanol–water partition coefficient (Wildman–Crippen LogP) is 2.27. The topological polar surface area (TPSA) is 45.2 Å². The van der Waals surface area contributed by atoms with E-state index in [9.17, 15) is 4.79 Å². The second-order valence-corrected chi connectivity index (χ2v) is 3.50. The number of nitrogens with zero attached hydrogens (tertiary/aromatic N) is 2. The number of aromatic nitrogens is 1. The van der Waals surface area contributed by atoms with Crippen LogP contribution in [0.1, 0.15) is 26.7 Å². The van der Waals surface area contributed by atoms with Crippen molar-refractivity contribution in [2.75, 3.05) is 17.3 Å². The van der Waals surface area contributed by atoms with Gasteiger partial charge in [0.25, 0.3) is 0 Å². The van der Waals surface area contributed by atoms with Crippen LogP contribution in [-0.4, -0.2) is 24.5 Å². The van der Waals surface area contributed by atoms with Crippen LogP contribution in [0, 0.1) is 0 Å². The second-order valence-electron chi connectivity index (χ2n) is 3.50. The number of carbonyl (C=O) groups is 1. The lowest BCUT2D eigenvalue weighted by atomic mass is 10.3. The highest BCUT2D eigenvalue weighted by Gasteiger charge is 2.27. The van der Waals surface area contributed by atoms with E-state index in [0.717, 1.165) is 11.4 Å². The van der Waals surface area contributed by atoms with Crippen molar-refractivity contribution < 1.29 is 4.79 Å². The maximum atomic E-state index is 10.4. The number of hydrogen-bond acceptors (Lipinski definition) is 3. The molecule has 2 rings (SSSR count). The molecule has 88 valence electrons. The fourth-order valence-electron chi connectivity index (χ4n) is 1.53. The van der Waals surface area contributed by atoms with Crippen LogP contribution in [0.25, 0.3) is 0 Å². The van der Waals surface area contributed by atoms with Gasteiger partial charge in [0, 0.05) is 19.3 Å². The summed E-state index contributed by atoms with van der Waals surface area (Å²) in [5, 5.41) is 2.65. The van der Waals surface area contributed by atoms with Crippen molar-refractivity contribution in [2.24, 2.45) is 0 Å². The summed E-state index contributed by atoms with van der Waals surface area (Å²) in [6.45, 7) is 4.00. The molecule has 1 aliphatic rings. The maximum absolute atomic E-state index is 10.4. The van der Waals surface area contributed by atoms with Gasteiger partial charge in [0.1, 0.15) is 0 Å². The predicted molar refractivity (Wildman–Crippen MR) is 66.7 cm³/mol. The highest BCUT2D eigenvalue weighted by molar-refractivity contribution is 5.80. The van der Waals surface area contributed by atoms with Crippen LogP contribution in [0.3, 0.4) is 0 Å². The van der Waals surface area contributed by atoms with Gasteiger partial charge in [-0.1, -0.05) is 13.8 Å². The van der Waals surface area contributed by atoms with Crippen LogP contribution in [0.4, 0.5) is 11.4 Å². The van der Waals surface area contributed by atoms with Crippen molar-refractivity contribution in [3.63, 3.8) is 0 Å². The zero-order valence-corrected chi connectivity index (χ0v) is 10.1. The van der Waals surface area contributed by atoms with Gasteiger partial charge < -0.3 is 10.2 Å². The minimum atomic E-state index is 0.629. The minimum Gasteiger partial charge on any atom is -0.370 e. The van der Waals surface area contributed by atoms with Crippen molar-refractivity contribution in [3.8, 4) is 0 Å². The number of amides is 1. The van der Waals surface area contributed by atoms with Gasteiger partial charge in [-0.15, -0.1) is 0 Å². The second kappa shape index (κ2) is 6.10. The Balaban J connectivity index is 0.000000606. The average molecular weight is 221 g/mol. The Labute approximate surface area is 96.7 Å². The molecule has 0 radical (unpaired) electrons. The van der Waals surface area contributed by atoms with Gasteiger partial charge >= 0.3 is 0 Å². The van der Waals surface area contributed by atoms with Crippen molar-refractivity contribution in [3.05, 3.63) is 18.5 Å². The maximum Gasteiger partial charge on any atom is 0.211 e. The third-order valence-corrected chi connectivity index (χ3v) is 2.49. The Morgan fingerprint density at radius 2 is 2.19 bits per heavy atom. The first kappa shape index (κ1) is 12.5. The lowest BCUT2D eigenvalue weighted by molar-refractivity contribution is -0.105. The SMILES string of the molecule is CC.CN(c1ccncc1NC=O)C1CC1. The number of anilines is 2. The number of pyridine rings is 1. The number of hydrogen-bond donors (Lipinski definition) is 1. The molecular formula is C12H19N3O. The summed E-state index contributed by atoms with van der Waals surface area (Å²) in [4.78, 5) is 16.5. The fourth-order valence-corrected chi connectivity index (χ4v) is 1.53. The molecule has 1 aliphatic carbocycles. The van der Waals surface area contributed by atoms with Crippen LogP contribution in [0.5, 0.6) is 0 Å². The molecule has 1 aromatic rings. The fraction of sp³-hybridized carbons (Fsp3) is 0.500. The summed E-state index contributed by atoms with van der Waals surface area (Å²) in [6, 6.07) is 2.55. The summed E-state index contributed by atoms with van der Waals surface area (Å²) in [7, 11) is 2.04. The van der Waals surface area contributed by atoms with Gasteiger partial charge in [0.05, 0.1) is 17.6 Å². The molecule has 0 spiro atoms. The van der Waals surface area contributed by atoms with Gasteiger partial charge in [-0.25, -0.2) is 0 Å². The molecule has 4 nitrogen and oxygen atoms in total. The van der Waals surface area contributed by atoms with Crippen LogP contribution < -0.4 is 10.2 Å². The van der Waals surface area contributed by atoms with E-state index < -0.39 is 0 Å². The number of rotatable bonds is 4. The molecule has 0 atom stereocenters. The molecule has 0 unspecified atom stereocenters. The molecular weight excluding hydrogens is 202 g/mol. The van der Waals surface area contributed by atoms with Gasteiger partial charge in [-0.3, -0.25) is 9.78 Å². The Kier molecular flexibility index (Phi) is 4.76. The summed E-state index contributed by atoms with van der Waals surface area (Å²) in [5.74, 6) is 0. The van der Waals surface area contributed by atoms with Gasteiger partial charge in [0.15, 0.2) is 0 Å². The molecule has 1 aromatic heterocycles. The smallest absolute Gasteiger partial charge is 0.211 e. The van der Waals surface area contributed by atoms with Gasteiger partial charge in [-0.2, -0.15) is 0 Å². The summed E-state index contributed by atoms with van der Waals surface area (Å²) >= 11 is 0. The number of carbonyl (C=O) groups excluding carboxylic acids is 1. The van der Waals surface area contributed by atoms with E-state index in [1.807, 2.05) is 27.0 Å². The lowest BCUT2D eigenvalue weighted by Gasteiger charge is -2.20. The van der Waals surface area contributed by atoms with Gasteiger partial charge in [-0.05, 0) is 18.9 Å². The molecule has 4 heteroatoms. The third kappa shape index (κ3) is 2.95. The van der Waals surface area contributed by atoms with Crippen LogP contribution in [0.2, 0.25) is 0 Å². The van der Waals surface area contributed by atoms with Crippen molar-refractivity contribution in [1.82, 2.24) is 4.98 Å². The molecule has 1 saturated carbocycles. The van der Waals surface area contributed by atoms with Gasteiger partial charge in [0.2, 0.25) is 6.41 Å². The summed E-state index contributed by atoms with van der Waals surface area (Å²) in [5.41, 5.74) is 1.81. The first-order chi connectivity index (χ1) is 7.83. The molecule has 1 heterocycles. The molecule has 1 fully saturated rings. The number of nitrogens with one attached hydrogen (secondary N) is 1. The molecule has 1 N–H and O–H groups in total. The molecule has 16 heavy (non-hydrogen) atoms. The molecule has 0 saturated heterocycles. The Bertz CT molecular complexity index is 337. The van der Waals surface area contributed by atoms with E-state index in [0.29, 0.717) is 12.5 Å². The largest absolute Gasteiger partial charge is 0.370 e. The van der Waals surface area contributed by atoms with E-state index in [2.05, 4.69) is 15.2 Å². The highest BCUT2D eigenvalue weighted by atomic mass is 16.1. The zero-order chi connectivity index (χ0) is 12.0. The molecule has 0 aromatic carbocycles. The first-order valence-electron chi connectivity index (χ1n) is 5.70. The van der Waals surface area contributed by atoms with Crippen molar-refractivity contribution in [2.45, 2.75) is 32.7 Å². The molecule has 1 amide bonds. The van der Waals surface area contributed by atoms with Crippen molar-refractivity contribution >= 4 is 17.8 Å². The van der Waals surface area contributed by atoms with Crippen LogP contribution >= 0.6 is 0 Å². The Morgan fingerprint density at radius 1 is 1.50 bits per heavy atom. The molecule has 0 bridgehead atoms. The zero-order valence-electron chi connectivity index (χ0n) is 10.1. The van der Waals surface area contributed by atoms with Crippen LogP contribution in [0.15, 0.2) is 18.5 Å². The van der Waals surface area contributed by atoms with Crippen LogP contribution in [-0.2, 0) is 4.79 Å². The van der Waals surface area contributed by atoms with Crippen molar-refractivity contribution in [1.29, 1.82) is 0 Å². The summed E-state index contributed by atoms with van der Waals surface area (Å²) < 4.78 is 0. The van der Waals surface area contributed by atoms with E-state index in [1.54, 1.807) is 12.4 Å². The lowest BCUT2D eigenvalue weighted by Crippen LogP contribution is -2.20. The van der Waals surface area contributed by atoms with E-state index in [1.165, 1.54) is 12.8 Å². The highest BCUT2D eigenvalue weighted by Crippen LogP contribution is 2.33. The quantitative estimate of drug-likeness (QED) is 0.793. The minimum absolute atomic E-state index is 0.629. The third-order valence-electron chi connectivity index (χ3n) is 2.49. The normalized spacial score (nSPS) is 13.4. The summed E-state index contributed by atoms with van der Waals surface area (Å²) in [6.07, 6.45) is 6.56. The Hall–Kier alpha value is -1.58. The molecule has 0 aliphatic heterocycles. The first-order valence-corrected chi connectivity index (χ1v) is 5.70. The van der Waals surface area contributed by atoms with E-state index in [-0.39, 0.29) is 0 Å². The standard InChI is InChI=1S/C10H13N3O.C2H6/c1-13(8-2-3-8)10-4-5-11-6-9(10)12-7-14;1-2/h4-8H,2-3H2,1H3,(H,12,14);1-2H3.